The van der Waals surface area contributed by atoms with Crippen LogP contribution in [0.15, 0.2) is 24.4 Å². The zero-order valence-electron chi connectivity index (χ0n) is 10.7. The van der Waals surface area contributed by atoms with Crippen LogP contribution in [0.4, 0.5) is 17.5 Å². The van der Waals surface area contributed by atoms with Gasteiger partial charge in [-0.1, -0.05) is 0 Å². The molecular formula is C12H15N5O2. The molecule has 7 nitrogen and oxygen atoms in total. The van der Waals surface area contributed by atoms with Crippen LogP contribution in [-0.2, 0) is 4.79 Å². The Kier molecular flexibility index (Phi) is 3.65. The first-order valence-electron chi connectivity index (χ1n) is 5.73. The number of carboxylic acids is 1. The van der Waals surface area contributed by atoms with Crippen molar-refractivity contribution < 1.29 is 9.90 Å². The highest BCUT2D eigenvalue weighted by Gasteiger charge is 2.10. The second-order valence-electron chi connectivity index (χ2n) is 4.12. The van der Waals surface area contributed by atoms with Crippen molar-refractivity contribution in [2.75, 3.05) is 23.8 Å². The highest BCUT2D eigenvalue weighted by Crippen LogP contribution is 2.17. The van der Waals surface area contributed by atoms with Crippen LogP contribution in [0.2, 0.25) is 0 Å². The van der Waals surface area contributed by atoms with Gasteiger partial charge in [0.05, 0.1) is 0 Å². The van der Waals surface area contributed by atoms with Gasteiger partial charge in [-0.3, -0.25) is 4.79 Å². The van der Waals surface area contributed by atoms with Crippen molar-refractivity contribution in [3.8, 4) is 0 Å². The summed E-state index contributed by atoms with van der Waals surface area (Å²) in [5, 5.41) is 11.9. The normalized spacial score (nSPS) is 10.2. The molecule has 0 saturated heterocycles. The summed E-state index contributed by atoms with van der Waals surface area (Å²) < 4.78 is 0. The number of anilines is 3. The molecule has 0 unspecified atom stereocenters. The second kappa shape index (κ2) is 5.38. The highest BCUT2D eigenvalue weighted by molar-refractivity contribution is 5.73. The second-order valence-corrected chi connectivity index (χ2v) is 4.12. The fourth-order valence-electron chi connectivity index (χ4n) is 1.64. The molecule has 7 heteroatoms. The predicted molar refractivity (Wildman–Crippen MR) is 71.8 cm³/mol. The quantitative estimate of drug-likeness (QED) is 0.752. The van der Waals surface area contributed by atoms with Crippen LogP contribution in [0, 0.1) is 6.92 Å². The van der Waals surface area contributed by atoms with E-state index in [1.807, 2.05) is 12.1 Å². The first-order chi connectivity index (χ1) is 9.04. The van der Waals surface area contributed by atoms with Crippen LogP contribution >= 0.6 is 0 Å². The van der Waals surface area contributed by atoms with Crippen LogP contribution < -0.4 is 10.2 Å². The fourth-order valence-corrected chi connectivity index (χ4v) is 1.64. The third-order valence-electron chi connectivity index (χ3n) is 2.45. The van der Waals surface area contributed by atoms with Crippen LogP contribution in [0.3, 0.4) is 0 Å². The first kappa shape index (κ1) is 12.9. The minimum Gasteiger partial charge on any atom is -0.480 e. The van der Waals surface area contributed by atoms with E-state index in [4.69, 9.17) is 5.11 Å². The molecule has 2 heterocycles. The van der Waals surface area contributed by atoms with E-state index in [0.29, 0.717) is 17.5 Å². The van der Waals surface area contributed by atoms with Gasteiger partial charge in [-0.25, -0.2) is 9.97 Å². The number of likely N-dealkylation sites (N-methyl/N-ethyl adjacent to an activating group) is 1. The summed E-state index contributed by atoms with van der Waals surface area (Å²) in [6.07, 6.45) is 1.80. The molecule has 0 aliphatic heterocycles. The number of nitrogens with one attached hydrogen (secondary N) is 2. The lowest BCUT2D eigenvalue weighted by Gasteiger charge is -2.16. The molecule has 0 aliphatic rings. The number of nitrogens with zero attached hydrogens (tertiary/aromatic N) is 3. The Hall–Kier alpha value is -2.57. The van der Waals surface area contributed by atoms with Crippen molar-refractivity contribution in [3.63, 3.8) is 0 Å². The molecule has 0 atom stereocenters. The number of hydrogen-bond donors (Lipinski definition) is 3. The van der Waals surface area contributed by atoms with Crippen molar-refractivity contribution >= 4 is 23.4 Å². The molecule has 0 aliphatic carbocycles. The van der Waals surface area contributed by atoms with E-state index in [2.05, 4.69) is 20.3 Å². The molecule has 0 saturated carbocycles. The predicted octanol–water partition coefficient (Wildman–Crippen LogP) is 1.38. The van der Waals surface area contributed by atoms with Crippen LogP contribution in [0.5, 0.6) is 0 Å². The van der Waals surface area contributed by atoms with E-state index < -0.39 is 5.97 Å². The highest BCUT2D eigenvalue weighted by atomic mass is 16.4. The Balaban J connectivity index is 2.21. The van der Waals surface area contributed by atoms with E-state index in [-0.39, 0.29) is 6.54 Å². The number of carbonyl (C=O) groups is 1. The summed E-state index contributed by atoms with van der Waals surface area (Å²) in [5.74, 6) is 1.65. The van der Waals surface area contributed by atoms with Gasteiger partial charge in [-0.15, -0.1) is 0 Å². The van der Waals surface area contributed by atoms with Crippen molar-refractivity contribution in [2.24, 2.45) is 0 Å². The maximum Gasteiger partial charge on any atom is 0.323 e. The number of H-pyrrole nitrogens is 1. The fraction of sp³-hybridized carbons (Fsp3) is 0.250. The molecule has 0 bridgehead atoms. The minimum atomic E-state index is -0.905. The molecule has 0 radical (unpaired) electrons. The number of aryl methyl sites for hydroxylation is 1. The summed E-state index contributed by atoms with van der Waals surface area (Å²) in [6, 6.07) is 5.45. The Morgan fingerprint density at radius 1 is 1.53 bits per heavy atom. The largest absolute Gasteiger partial charge is 0.480 e. The minimum absolute atomic E-state index is 0.113. The molecule has 0 aromatic carbocycles. The number of aromatic amines is 1. The molecule has 0 fully saturated rings. The number of carboxylic acid groups (broad SMARTS) is 1. The monoisotopic (exact) mass is 261 g/mol. The van der Waals surface area contributed by atoms with Gasteiger partial charge in [-0.2, -0.15) is 0 Å². The van der Waals surface area contributed by atoms with Crippen LogP contribution in [-0.4, -0.2) is 39.6 Å². The molecule has 100 valence electrons. The smallest absolute Gasteiger partial charge is 0.323 e. The maximum absolute atomic E-state index is 10.7. The molecule has 2 rings (SSSR count). The van der Waals surface area contributed by atoms with Gasteiger partial charge in [0, 0.05) is 19.3 Å². The molecular weight excluding hydrogens is 246 g/mol. The zero-order valence-corrected chi connectivity index (χ0v) is 10.7. The summed E-state index contributed by atoms with van der Waals surface area (Å²) in [4.78, 5) is 23.7. The van der Waals surface area contributed by atoms with Crippen LogP contribution in [0.25, 0.3) is 0 Å². The molecule has 0 spiro atoms. The van der Waals surface area contributed by atoms with Crippen molar-refractivity contribution in [1.29, 1.82) is 0 Å². The number of hydrogen-bond acceptors (Lipinski definition) is 5. The molecule has 2 aromatic heterocycles. The third-order valence-corrected chi connectivity index (χ3v) is 2.45. The topological polar surface area (TPSA) is 94.1 Å². The van der Waals surface area contributed by atoms with E-state index in [1.54, 1.807) is 31.1 Å². The molecule has 2 aromatic rings. The summed E-state index contributed by atoms with van der Waals surface area (Å²) in [7, 11) is 1.67. The van der Waals surface area contributed by atoms with Crippen molar-refractivity contribution in [3.05, 3.63) is 30.2 Å². The molecule has 0 amide bonds. The third kappa shape index (κ3) is 3.44. The maximum atomic E-state index is 10.7. The van der Waals surface area contributed by atoms with E-state index in [9.17, 15) is 4.79 Å². The van der Waals surface area contributed by atoms with Gasteiger partial charge in [0.2, 0.25) is 0 Å². The van der Waals surface area contributed by atoms with Crippen LogP contribution in [0.1, 0.15) is 5.82 Å². The SMILES string of the molecule is Cc1nc(Nc2ccc[nH]2)cc(N(C)CC(=O)O)n1. The van der Waals surface area contributed by atoms with Gasteiger partial charge in [-0.05, 0) is 19.1 Å². The Bertz CT molecular complexity index is 568. The number of aliphatic carboxylic acids is 1. The average Bonchev–Trinajstić information content (AvgIpc) is 2.80. The van der Waals surface area contributed by atoms with Crippen molar-refractivity contribution in [1.82, 2.24) is 15.0 Å². The van der Waals surface area contributed by atoms with Crippen molar-refractivity contribution in [2.45, 2.75) is 6.92 Å². The summed E-state index contributed by atoms with van der Waals surface area (Å²) in [5.41, 5.74) is 0. The zero-order chi connectivity index (χ0) is 13.8. The van der Waals surface area contributed by atoms with Gasteiger partial charge < -0.3 is 20.3 Å². The molecule has 19 heavy (non-hydrogen) atoms. The standard InChI is InChI=1S/C12H15N5O2/c1-8-14-10(16-9-4-3-5-13-9)6-11(15-8)17(2)7-12(18)19/h3-6,13H,7H2,1-2H3,(H,18,19)(H,14,15,16). The van der Waals surface area contributed by atoms with Gasteiger partial charge in [0.25, 0.3) is 0 Å². The average molecular weight is 261 g/mol. The van der Waals surface area contributed by atoms with E-state index in [0.717, 1.165) is 5.82 Å². The number of rotatable bonds is 5. The lowest BCUT2D eigenvalue weighted by molar-refractivity contribution is -0.135. The lowest BCUT2D eigenvalue weighted by Crippen LogP contribution is -2.26. The summed E-state index contributed by atoms with van der Waals surface area (Å²) in [6.45, 7) is 1.65. The van der Waals surface area contributed by atoms with E-state index in [1.165, 1.54) is 0 Å². The first-order valence-corrected chi connectivity index (χ1v) is 5.73. The Morgan fingerprint density at radius 3 is 2.95 bits per heavy atom. The molecule has 3 N–H and O–H groups in total. The van der Waals surface area contributed by atoms with Gasteiger partial charge >= 0.3 is 5.97 Å². The Labute approximate surface area is 110 Å². The van der Waals surface area contributed by atoms with Gasteiger partial charge in [0.15, 0.2) is 0 Å². The summed E-state index contributed by atoms with van der Waals surface area (Å²) >= 11 is 0. The lowest BCUT2D eigenvalue weighted by atomic mass is 10.4. The number of aromatic nitrogens is 3. The Morgan fingerprint density at radius 2 is 2.32 bits per heavy atom. The van der Waals surface area contributed by atoms with E-state index >= 15 is 0 Å². The van der Waals surface area contributed by atoms with Gasteiger partial charge in [0.1, 0.15) is 29.8 Å².